The summed E-state index contributed by atoms with van der Waals surface area (Å²) >= 11 is 0. The SMILES string of the molecule is Cc1ccc(N2C(=O)C[C@H](NCCN3CCOCC3)C2=O)cc1. The maximum Gasteiger partial charge on any atom is 0.251 e. The normalized spacial score (nSPS) is 22.8. The Morgan fingerprint density at radius 2 is 1.87 bits per heavy atom. The van der Waals surface area contributed by atoms with E-state index in [0.29, 0.717) is 12.2 Å². The van der Waals surface area contributed by atoms with Crippen molar-refractivity contribution in [3.63, 3.8) is 0 Å². The Morgan fingerprint density at radius 3 is 2.57 bits per heavy atom. The zero-order chi connectivity index (χ0) is 16.2. The number of ether oxygens (including phenoxy) is 1. The summed E-state index contributed by atoms with van der Waals surface area (Å²) in [6.45, 7) is 6.93. The lowest BCUT2D eigenvalue weighted by atomic mass is 10.2. The summed E-state index contributed by atoms with van der Waals surface area (Å²) in [6, 6.07) is 7.05. The highest BCUT2D eigenvalue weighted by Crippen LogP contribution is 2.23. The Labute approximate surface area is 136 Å². The number of rotatable bonds is 5. The minimum atomic E-state index is -0.412. The van der Waals surface area contributed by atoms with Crippen LogP contribution in [-0.2, 0) is 14.3 Å². The fourth-order valence-corrected chi connectivity index (χ4v) is 2.98. The molecular formula is C17H23N3O3. The summed E-state index contributed by atoms with van der Waals surface area (Å²) in [4.78, 5) is 28.3. The number of morpholine rings is 1. The number of aryl methyl sites for hydroxylation is 1. The number of hydrogen-bond acceptors (Lipinski definition) is 5. The van der Waals surface area contributed by atoms with Gasteiger partial charge in [0.2, 0.25) is 5.91 Å². The van der Waals surface area contributed by atoms with E-state index in [0.717, 1.165) is 38.4 Å². The number of amides is 2. The van der Waals surface area contributed by atoms with Crippen LogP contribution in [0.15, 0.2) is 24.3 Å². The lowest BCUT2D eigenvalue weighted by Crippen LogP contribution is -2.44. The molecule has 2 fully saturated rings. The molecule has 2 aliphatic heterocycles. The van der Waals surface area contributed by atoms with Gasteiger partial charge in [-0.05, 0) is 19.1 Å². The molecule has 0 spiro atoms. The molecular weight excluding hydrogens is 294 g/mol. The lowest BCUT2D eigenvalue weighted by Gasteiger charge is -2.27. The van der Waals surface area contributed by atoms with Gasteiger partial charge in [0.05, 0.1) is 31.4 Å². The van der Waals surface area contributed by atoms with Crippen LogP contribution in [0, 0.1) is 6.92 Å². The number of carbonyl (C=O) groups excluding carboxylic acids is 2. The molecule has 6 heteroatoms. The summed E-state index contributed by atoms with van der Waals surface area (Å²) in [5.74, 6) is -0.288. The quantitative estimate of drug-likeness (QED) is 0.804. The average Bonchev–Trinajstić information content (AvgIpc) is 2.84. The van der Waals surface area contributed by atoms with Crippen LogP contribution in [0.1, 0.15) is 12.0 Å². The molecule has 1 aromatic carbocycles. The number of anilines is 1. The van der Waals surface area contributed by atoms with Gasteiger partial charge in [-0.1, -0.05) is 17.7 Å². The standard InChI is InChI=1S/C17H23N3O3/c1-13-2-4-14(5-3-13)20-16(21)12-15(17(20)22)18-6-7-19-8-10-23-11-9-19/h2-5,15,18H,6-12H2,1H3/t15-/m0/s1. The van der Waals surface area contributed by atoms with Gasteiger partial charge >= 0.3 is 0 Å². The van der Waals surface area contributed by atoms with Gasteiger partial charge in [0.15, 0.2) is 0 Å². The van der Waals surface area contributed by atoms with Crippen LogP contribution in [0.3, 0.4) is 0 Å². The van der Waals surface area contributed by atoms with Gasteiger partial charge in [-0.15, -0.1) is 0 Å². The van der Waals surface area contributed by atoms with Crippen molar-refractivity contribution in [2.24, 2.45) is 0 Å². The second kappa shape index (κ2) is 7.21. The third-order valence-corrected chi connectivity index (χ3v) is 4.36. The van der Waals surface area contributed by atoms with E-state index < -0.39 is 6.04 Å². The maximum absolute atomic E-state index is 12.5. The number of imide groups is 1. The van der Waals surface area contributed by atoms with Crippen molar-refractivity contribution in [2.45, 2.75) is 19.4 Å². The van der Waals surface area contributed by atoms with Gasteiger partial charge in [0.1, 0.15) is 0 Å². The van der Waals surface area contributed by atoms with Crippen LogP contribution in [0.5, 0.6) is 0 Å². The molecule has 2 aliphatic rings. The van der Waals surface area contributed by atoms with Crippen molar-refractivity contribution < 1.29 is 14.3 Å². The Hall–Kier alpha value is -1.76. The molecule has 0 aromatic heterocycles. The van der Waals surface area contributed by atoms with E-state index in [1.54, 1.807) is 0 Å². The summed E-state index contributed by atoms with van der Waals surface area (Å²) in [7, 11) is 0. The van der Waals surface area contributed by atoms with E-state index in [1.165, 1.54) is 4.90 Å². The fourth-order valence-electron chi connectivity index (χ4n) is 2.98. The molecule has 6 nitrogen and oxygen atoms in total. The van der Waals surface area contributed by atoms with Crippen LogP contribution in [-0.4, -0.2) is 62.1 Å². The monoisotopic (exact) mass is 317 g/mol. The Morgan fingerprint density at radius 1 is 1.17 bits per heavy atom. The van der Waals surface area contributed by atoms with Gasteiger partial charge in [-0.3, -0.25) is 14.5 Å². The van der Waals surface area contributed by atoms with Crippen molar-refractivity contribution in [3.05, 3.63) is 29.8 Å². The summed E-state index contributed by atoms with van der Waals surface area (Å²) in [5, 5.41) is 3.23. The van der Waals surface area contributed by atoms with Gasteiger partial charge < -0.3 is 10.1 Å². The van der Waals surface area contributed by atoms with E-state index in [9.17, 15) is 9.59 Å². The first-order chi connectivity index (χ1) is 11.1. The summed E-state index contributed by atoms with van der Waals surface area (Å²) in [5.41, 5.74) is 1.76. The largest absolute Gasteiger partial charge is 0.379 e. The van der Waals surface area contributed by atoms with Gasteiger partial charge in [-0.2, -0.15) is 0 Å². The fraction of sp³-hybridized carbons (Fsp3) is 0.529. The first-order valence-corrected chi connectivity index (χ1v) is 8.12. The topological polar surface area (TPSA) is 61.9 Å². The molecule has 1 aromatic rings. The summed E-state index contributed by atoms with van der Waals surface area (Å²) < 4.78 is 5.31. The van der Waals surface area contributed by atoms with Crippen LogP contribution in [0.2, 0.25) is 0 Å². The molecule has 3 rings (SSSR count). The highest BCUT2D eigenvalue weighted by atomic mass is 16.5. The second-order valence-electron chi connectivity index (χ2n) is 6.07. The van der Waals surface area contributed by atoms with Crippen molar-refractivity contribution >= 4 is 17.5 Å². The highest BCUT2D eigenvalue weighted by Gasteiger charge is 2.39. The van der Waals surface area contributed by atoms with Crippen LogP contribution in [0.25, 0.3) is 0 Å². The van der Waals surface area contributed by atoms with Crippen molar-refractivity contribution in [2.75, 3.05) is 44.3 Å². The minimum absolute atomic E-state index is 0.136. The summed E-state index contributed by atoms with van der Waals surface area (Å²) in [6.07, 6.45) is 0.232. The zero-order valence-electron chi connectivity index (χ0n) is 13.5. The Bertz CT molecular complexity index is 567. The third kappa shape index (κ3) is 3.77. The molecule has 2 amide bonds. The lowest BCUT2D eigenvalue weighted by molar-refractivity contribution is -0.121. The molecule has 0 unspecified atom stereocenters. The molecule has 0 aliphatic carbocycles. The molecule has 1 atom stereocenters. The number of nitrogens with one attached hydrogen (secondary N) is 1. The number of hydrogen-bond donors (Lipinski definition) is 1. The van der Waals surface area contributed by atoms with E-state index >= 15 is 0 Å². The van der Waals surface area contributed by atoms with E-state index in [-0.39, 0.29) is 18.2 Å². The van der Waals surface area contributed by atoms with Crippen molar-refractivity contribution in [1.82, 2.24) is 10.2 Å². The highest BCUT2D eigenvalue weighted by molar-refractivity contribution is 6.22. The number of nitrogens with zero attached hydrogens (tertiary/aromatic N) is 2. The number of carbonyl (C=O) groups is 2. The Balaban J connectivity index is 1.54. The van der Waals surface area contributed by atoms with Gasteiger partial charge in [0, 0.05) is 26.2 Å². The Kier molecular flexibility index (Phi) is 5.05. The predicted octanol–water partition coefficient (Wildman–Crippen LogP) is 0.549. The second-order valence-corrected chi connectivity index (χ2v) is 6.07. The molecule has 0 radical (unpaired) electrons. The molecule has 1 N–H and O–H groups in total. The van der Waals surface area contributed by atoms with E-state index in [4.69, 9.17) is 4.74 Å². The molecule has 2 saturated heterocycles. The predicted molar refractivity (Wildman–Crippen MR) is 87.3 cm³/mol. The molecule has 0 bridgehead atoms. The number of benzene rings is 1. The first kappa shape index (κ1) is 16.1. The molecule has 124 valence electrons. The third-order valence-electron chi connectivity index (χ3n) is 4.36. The molecule has 2 heterocycles. The molecule has 0 saturated carbocycles. The molecule has 23 heavy (non-hydrogen) atoms. The smallest absolute Gasteiger partial charge is 0.251 e. The maximum atomic E-state index is 12.5. The zero-order valence-corrected chi connectivity index (χ0v) is 13.5. The van der Waals surface area contributed by atoms with E-state index in [2.05, 4.69) is 10.2 Å². The van der Waals surface area contributed by atoms with Gasteiger partial charge in [0.25, 0.3) is 5.91 Å². The minimum Gasteiger partial charge on any atom is -0.379 e. The average molecular weight is 317 g/mol. The van der Waals surface area contributed by atoms with Crippen LogP contribution < -0.4 is 10.2 Å². The van der Waals surface area contributed by atoms with Crippen molar-refractivity contribution in [3.8, 4) is 0 Å². The van der Waals surface area contributed by atoms with Crippen molar-refractivity contribution in [1.29, 1.82) is 0 Å². The first-order valence-electron chi connectivity index (χ1n) is 8.12. The van der Waals surface area contributed by atoms with E-state index in [1.807, 2.05) is 31.2 Å². The van der Waals surface area contributed by atoms with Crippen LogP contribution >= 0.6 is 0 Å². The van der Waals surface area contributed by atoms with Gasteiger partial charge in [-0.25, -0.2) is 4.90 Å². The van der Waals surface area contributed by atoms with Crippen LogP contribution in [0.4, 0.5) is 5.69 Å².